The Bertz CT molecular complexity index is 3850. The molecule has 0 unspecified atom stereocenters. The van der Waals surface area contributed by atoms with Crippen LogP contribution in [0.3, 0.4) is 0 Å². The van der Waals surface area contributed by atoms with Gasteiger partial charge in [-0.05, 0) is 102 Å². The second-order valence-electron chi connectivity index (χ2n) is 18.4. The topological polar surface area (TPSA) is 32.6 Å². The Kier molecular flexibility index (Phi) is 8.29. The van der Waals surface area contributed by atoms with E-state index >= 15 is 0 Å². The zero-order valence-electron chi connectivity index (χ0n) is 37.9. The van der Waals surface area contributed by atoms with Crippen LogP contribution >= 0.6 is 0 Å². The molecule has 10 aromatic carbocycles. The highest BCUT2D eigenvalue weighted by Gasteiger charge is 2.20. The Balaban J connectivity index is 0.993. The molecule has 5 nitrogen and oxygen atoms in total. The van der Waals surface area contributed by atoms with Crippen LogP contribution in [-0.2, 0) is 0 Å². The van der Waals surface area contributed by atoms with E-state index in [1.54, 1.807) is 0 Å². The summed E-state index contributed by atoms with van der Waals surface area (Å²) in [5.74, 6) is 0. The number of benzene rings is 10. The molecule has 0 amide bonds. The van der Waals surface area contributed by atoms with Crippen molar-refractivity contribution >= 4 is 87.2 Å². The number of aromatic nitrogens is 5. The Hall–Kier alpha value is -9.45. The molecule has 0 radical (unpaired) electrons. The van der Waals surface area contributed by atoms with Crippen molar-refractivity contribution in [3.05, 3.63) is 249 Å². The van der Waals surface area contributed by atoms with E-state index in [-0.39, 0.29) is 0 Å². The first-order valence-corrected chi connectivity index (χ1v) is 23.9. The molecule has 15 rings (SSSR count). The van der Waals surface area contributed by atoms with Crippen molar-refractivity contribution in [2.45, 2.75) is 0 Å². The second-order valence-corrected chi connectivity index (χ2v) is 18.4. The summed E-state index contributed by atoms with van der Waals surface area (Å²) < 4.78 is 9.71. The fourth-order valence-electron chi connectivity index (χ4n) is 11.6. The van der Waals surface area contributed by atoms with Crippen LogP contribution in [0.2, 0.25) is 0 Å². The number of fused-ring (bicyclic) bond motifs is 12. The molecule has 15 aromatic rings. The maximum Gasteiger partial charge on any atom is 0.0541 e. The Labute approximate surface area is 402 Å². The molecule has 0 saturated heterocycles. The van der Waals surface area contributed by atoms with Crippen molar-refractivity contribution in [2.75, 3.05) is 0 Å². The molecule has 0 spiro atoms. The lowest BCUT2D eigenvalue weighted by atomic mass is 9.99. The number of rotatable bonds is 6. The summed E-state index contributed by atoms with van der Waals surface area (Å²) in [4.78, 5) is 5.08. The zero-order chi connectivity index (χ0) is 45.9. The lowest BCUT2D eigenvalue weighted by molar-refractivity contribution is 1.13. The predicted molar refractivity (Wildman–Crippen MR) is 292 cm³/mol. The Morgan fingerprint density at radius 3 is 0.614 bits per heavy atom. The van der Waals surface area contributed by atoms with Crippen molar-refractivity contribution in [1.82, 2.24) is 23.3 Å². The van der Waals surface area contributed by atoms with Gasteiger partial charge in [0.2, 0.25) is 0 Å². The quantitative estimate of drug-likeness (QED) is 0.164. The average molecular weight is 892 g/mol. The van der Waals surface area contributed by atoms with E-state index in [1.807, 2.05) is 12.4 Å². The van der Waals surface area contributed by atoms with Gasteiger partial charge in [0.15, 0.2) is 0 Å². The summed E-state index contributed by atoms with van der Waals surface area (Å²) in [7, 11) is 0. The van der Waals surface area contributed by atoms with Crippen LogP contribution in [0, 0.1) is 0 Å². The van der Waals surface area contributed by atoms with Crippen LogP contribution in [0.1, 0.15) is 0 Å². The molecule has 0 aliphatic rings. The smallest absolute Gasteiger partial charge is 0.0541 e. The molecule has 5 heteroatoms. The largest absolute Gasteiger partial charge is 0.309 e. The summed E-state index contributed by atoms with van der Waals surface area (Å²) in [6.07, 6.45) is 4.05. The number of para-hydroxylation sites is 8. The molecule has 326 valence electrons. The van der Waals surface area contributed by atoms with Crippen molar-refractivity contribution in [3.8, 4) is 45.0 Å². The van der Waals surface area contributed by atoms with E-state index in [4.69, 9.17) is 4.98 Å². The van der Waals surface area contributed by atoms with Crippen LogP contribution in [-0.4, -0.2) is 23.3 Å². The van der Waals surface area contributed by atoms with Gasteiger partial charge in [-0.25, -0.2) is 0 Å². The van der Waals surface area contributed by atoms with Gasteiger partial charge in [0.05, 0.1) is 44.1 Å². The molecule has 0 aliphatic carbocycles. The standard InChI is InChI=1S/C65H41N5/c1-9-25-58-50(17-1)51-18-2-10-26-59(51)67(58)46-34-42(35-47(38-46)68-60-27-11-3-19-52(60)53-20-4-12-28-61(53)68)44-33-45(41-66-40-44)43-36-48(69-62-29-13-5-21-54(62)55-22-6-14-30-63(55)69)39-49(37-43)70-64-31-15-7-23-56(64)57-24-8-16-32-65(57)70/h1-41H. The highest BCUT2D eigenvalue weighted by atomic mass is 15.0. The van der Waals surface area contributed by atoms with Gasteiger partial charge in [-0.15, -0.1) is 0 Å². The minimum absolute atomic E-state index is 1.03. The molecule has 0 bridgehead atoms. The Morgan fingerprint density at radius 2 is 0.400 bits per heavy atom. The van der Waals surface area contributed by atoms with E-state index in [2.05, 4.69) is 255 Å². The third kappa shape index (κ3) is 5.69. The van der Waals surface area contributed by atoms with Crippen LogP contribution in [0.15, 0.2) is 249 Å². The average Bonchev–Trinajstić information content (AvgIpc) is 4.16. The summed E-state index contributed by atoms with van der Waals surface area (Å²) in [5, 5.41) is 9.84. The minimum Gasteiger partial charge on any atom is -0.309 e. The molecule has 0 aliphatic heterocycles. The normalized spacial score (nSPS) is 12.0. The van der Waals surface area contributed by atoms with Crippen LogP contribution in [0.5, 0.6) is 0 Å². The number of nitrogens with zero attached hydrogens (tertiary/aromatic N) is 5. The molecular weight excluding hydrogens is 851 g/mol. The second kappa shape index (κ2) is 15.0. The van der Waals surface area contributed by atoms with Gasteiger partial charge in [0, 0.05) is 89.4 Å². The summed E-state index contributed by atoms with van der Waals surface area (Å²) in [6.45, 7) is 0. The lowest BCUT2D eigenvalue weighted by Crippen LogP contribution is -2.01. The summed E-state index contributed by atoms with van der Waals surface area (Å²) in [5.41, 5.74) is 17.9. The molecule has 5 heterocycles. The summed E-state index contributed by atoms with van der Waals surface area (Å²) in [6, 6.07) is 86.5. The van der Waals surface area contributed by atoms with Gasteiger partial charge < -0.3 is 18.3 Å². The molecular formula is C65H41N5. The molecule has 0 fully saturated rings. The highest BCUT2D eigenvalue weighted by molar-refractivity contribution is 6.13. The third-order valence-corrected chi connectivity index (χ3v) is 14.6. The first-order valence-electron chi connectivity index (χ1n) is 23.9. The third-order valence-electron chi connectivity index (χ3n) is 14.6. The van der Waals surface area contributed by atoms with Crippen molar-refractivity contribution in [2.24, 2.45) is 0 Å². The monoisotopic (exact) mass is 891 g/mol. The number of hydrogen-bond acceptors (Lipinski definition) is 1. The van der Waals surface area contributed by atoms with Crippen LogP contribution in [0.25, 0.3) is 132 Å². The van der Waals surface area contributed by atoms with Crippen molar-refractivity contribution < 1.29 is 0 Å². The van der Waals surface area contributed by atoms with Gasteiger partial charge in [0.25, 0.3) is 0 Å². The lowest BCUT2D eigenvalue weighted by Gasteiger charge is -2.17. The number of pyridine rings is 1. The van der Waals surface area contributed by atoms with Crippen LogP contribution in [0.4, 0.5) is 0 Å². The van der Waals surface area contributed by atoms with E-state index < -0.39 is 0 Å². The van der Waals surface area contributed by atoms with Gasteiger partial charge in [0.1, 0.15) is 0 Å². The van der Waals surface area contributed by atoms with E-state index in [9.17, 15) is 0 Å². The summed E-state index contributed by atoms with van der Waals surface area (Å²) >= 11 is 0. The molecule has 0 N–H and O–H groups in total. The molecule has 0 atom stereocenters. The first-order chi connectivity index (χ1) is 34.7. The van der Waals surface area contributed by atoms with Gasteiger partial charge in [-0.2, -0.15) is 0 Å². The fourth-order valence-corrected chi connectivity index (χ4v) is 11.6. The van der Waals surface area contributed by atoms with Crippen LogP contribution < -0.4 is 0 Å². The number of hydrogen-bond donors (Lipinski definition) is 0. The van der Waals surface area contributed by atoms with E-state index in [0.717, 1.165) is 45.0 Å². The van der Waals surface area contributed by atoms with E-state index in [0.29, 0.717) is 0 Å². The molecule has 0 saturated carbocycles. The first kappa shape index (κ1) is 38.6. The SMILES string of the molecule is c1ccc2c(c1)c1ccccc1n2-c1cc(-c2cncc(-c3cc(-n4c5ccccc5c5ccccc54)cc(-n4c5ccccc5c5ccccc54)c3)c2)cc(-n2c3ccccc3c3ccccc32)c1. The Morgan fingerprint density at radius 1 is 0.200 bits per heavy atom. The maximum absolute atomic E-state index is 5.08. The van der Waals surface area contributed by atoms with Crippen molar-refractivity contribution in [1.29, 1.82) is 0 Å². The predicted octanol–water partition coefficient (Wildman–Crippen LogP) is 16.8. The van der Waals surface area contributed by atoms with E-state index in [1.165, 1.54) is 87.2 Å². The zero-order valence-corrected chi connectivity index (χ0v) is 37.9. The van der Waals surface area contributed by atoms with Gasteiger partial charge in [-0.3, -0.25) is 4.98 Å². The highest BCUT2D eigenvalue weighted by Crippen LogP contribution is 2.41. The molecule has 70 heavy (non-hydrogen) atoms. The maximum atomic E-state index is 5.08. The van der Waals surface area contributed by atoms with Gasteiger partial charge in [-0.1, -0.05) is 146 Å². The van der Waals surface area contributed by atoms with Crippen molar-refractivity contribution in [3.63, 3.8) is 0 Å². The van der Waals surface area contributed by atoms with Gasteiger partial charge >= 0.3 is 0 Å². The molecule has 5 aromatic heterocycles. The fraction of sp³-hybridized carbons (Fsp3) is 0. The minimum atomic E-state index is 1.03.